The molecule has 0 saturated heterocycles. The number of allylic oxidation sites excluding steroid dienone is 3. The normalized spacial score (nSPS) is 19.2. The quantitative estimate of drug-likeness (QED) is 0.595. The fourth-order valence-electron chi connectivity index (χ4n) is 3.91. The molecule has 4 rings (SSSR count). The molecule has 0 amide bonds. The number of hydrogen-bond acceptors (Lipinski definition) is 5. The van der Waals surface area contributed by atoms with E-state index in [0.29, 0.717) is 28.0 Å². The third kappa shape index (κ3) is 4.32. The Hall–Kier alpha value is -4.27. The standard InChI is InChI=1S/C26H20F2N4O2/c1-32-17-31-14-24(32)26(33,20-7-5-18(13-29)6-8-20)16-34-23-9-10-25(28,15-30)12-22(23)19-3-2-4-21(27)11-19/h2-11,14,17,33H,12,16H2,1H3. The molecular formula is C26H20F2N4O2. The summed E-state index contributed by atoms with van der Waals surface area (Å²) in [4.78, 5) is 4.09. The first-order valence-corrected chi connectivity index (χ1v) is 10.4. The minimum absolute atomic E-state index is 0.211. The van der Waals surface area contributed by atoms with Crippen LogP contribution in [-0.4, -0.2) is 26.9 Å². The molecule has 1 aliphatic rings. The second-order valence-corrected chi connectivity index (χ2v) is 8.07. The number of nitriles is 2. The minimum Gasteiger partial charge on any atom is -0.489 e. The zero-order valence-corrected chi connectivity index (χ0v) is 18.2. The number of ether oxygens (including phenoxy) is 1. The van der Waals surface area contributed by atoms with Crippen molar-refractivity contribution in [1.29, 1.82) is 10.5 Å². The maximum Gasteiger partial charge on any atom is 0.218 e. The molecule has 6 nitrogen and oxygen atoms in total. The third-order valence-corrected chi connectivity index (χ3v) is 5.76. The number of aromatic nitrogens is 2. The largest absolute Gasteiger partial charge is 0.489 e. The van der Waals surface area contributed by atoms with Crippen LogP contribution in [-0.2, 0) is 17.4 Å². The van der Waals surface area contributed by atoms with Crippen molar-refractivity contribution in [3.63, 3.8) is 0 Å². The number of hydrogen-bond donors (Lipinski definition) is 1. The fraction of sp³-hybridized carbons (Fsp3) is 0.192. The van der Waals surface area contributed by atoms with Gasteiger partial charge in [-0.1, -0.05) is 24.3 Å². The molecule has 1 aromatic heterocycles. The van der Waals surface area contributed by atoms with Crippen LogP contribution >= 0.6 is 0 Å². The predicted molar refractivity (Wildman–Crippen MR) is 120 cm³/mol. The molecule has 2 aromatic carbocycles. The average Bonchev–Trinajstić information content (AvgIpc) is 3.29. The van der Waals surface area contributed by atoms with E-state index in [9.17, 15) is 19.1 Å². The lowest BCUT2D eigenvalue weighted by Gasteiger charge is -2.31. The van der Waals surface area contributed by atoms with Crippen LogP contribution in [0.1, 0.15) is 28.8 Å². The second kappa shape index (κ2) is 8.93. The Morgan fingerprint density at radius 2 is 2.00 bits per heavy atom. The fourth-order valence-corrected chi connectivity index (χ4v) is 3.91. The SMILES string of the molecule is Cn1cncc1C(O)(COC1=C(c2cccc(F)c2)CC(F)(C#N)C=C1)c1ccc(C#N)cc1. The van der Waals surface area contributed by atoms with Gasteiger partial charge in [-0.25, -0.2) is 13.8 Å². The van der Waals surface area contributed by atoms with Gasteiger partial charge in [0, 0.05) is 19.0 Å². The van der Waals surface area contributed by atoms with Crippen molar-refractivity contribution in [2.45, 2.75) is 17.7 Å². The lowest BCUT2D eigenvalue weighted by molar-refractivity contribution is -0.000769. The first-order valence-electron chi connectivity index (χ1n) is 10.4. The van der Waals surface area contributed by atoms with Crippen molar-refractivity contribution in [3.05, 3.63) is 107 Å². The number of nitrogens with zero attached hydrogens (tertiary/aromatic N) is 4. The van der Waals surface area contributed by atoms with Gasteiger partial charge in [-0.3, -0.25) is 0 Å². The van der Waals surface area contributed by atoms with Crippen LogP contribution in [0.4, 0.5) is 8.78 Å². The van der Waals surface area contributed by atoms with Crippen molar-refractivity contribution >= 4 is 5.57 Å². The molecule has 0 saturated carbocycles. The summed E-state index contributed by atoms with van der Waals surface area (Å²) in [6, 6.07) is 15.7. The zero-order valence-electron chi connectivity index (χ0n) is 18.2. The molecule has 0 aliphatic heterocycles. The van der Waals surface area contributed by atoms with Gasteiger partial charge in [0.15, 0.2) is 5.60 Å². The van der Waals surface area contributed by atoms with Gasteiger partial charge in [0.2, 0.25) is 5.67 Å². The van der Waals surface area contributed by atoms with Gasteiger partial charge in [-0.05, 0) is 47.5 Å². The van der Waals surface area contributed by atoms with E-state index in [0.717, 1.165) is 6.08 Å². The first kappa shape index (κ1) is 22.9. The maximum absolute atomic E-state index is 14.9. The van der Waals surface area contributed by atoms with Crippen LogP contribution in [0.3, 0.4) is 0 Å². The first-order chi connectivity index (χ1) is 16.3. The molecule has 0 spiro atoms. The molecule has 8 heteroatoms. The summed E-state index contributed by atoms with van der Waals surface area (Å²) in [6.45, 7) is -0.289. The molecule has 0 radical (unpaired) electrons. The lowest BCUT2D eigenvalue weighted by atomic mass is 9.87. The minimum atomic E-state index is -2.26. The molecule has 1 heterocycles. The summed E-state index contributed by atoms with van der Waals surface area (Å²) in [7, 11) is 1.72. The van der Waals surface area contributed by atoms with Gasteiger partial charge in [-0.15, -0.1) is 0 Å². The van der Waals surface area contributed by atoms with Crippen molar-refractivity contribution in [1.82, 2.24) is 9.55 Å². The Kier molecular flexibility index (Phi) is 6.02. The molecule has 0 bridgehead atoms. The predicted octanol–water partition coefficient (Wildman–Crippen LogP) is 4.29. The summed E-state index contributed by atoms with van der Waals surface area (Å²) in [5.74, 6) is -0.298. The summed E-state index contributed by atoms with van der Waals surface area (Å²) in [6.07, 6.45) is 5.12. The van der Waals surface area contributed by atoms with Crippen LogP contribution < -0.4 is 0 Å². The highest BCUT2D eigenvalue weighted by molar-refractivity contribution is 5.73. The Morgan fingerprint density at radius 3 is 2.62 bits per heavy atom. The number of halogens is 2. The molecule has 1 aliphatic carbocycles. The second-order valence-electron chi connectivity index (χ2n) is 8.07. The van der Waals surface area contributed by atoms with Crippen LogP contribution in [0, 0.1) is 28.5 Å². The maximum atomic E-state index is 14.9. The number of rotatable bonds is 6. The highest BCUT2D eigenvalue weighted by Gasteiger charge is 2.38. The summed E-state index contributed by atoms with van der Waals surface area (Å²) in [5, 5.41) is 30.1. The van der Waals surface area contributed by atoms with E-state index < -0.39 is 17.1 Å². The van der Waals surface area contributed by atoms with Gasteiger partial charge in [0.05, 0.1) is 29.9 Å². The Bertz CT molecular complexity index is 1360. The molecule has 0 fully saturated rings. The Labute approximate surface area is 195 Å². The summed E-state index contributed by atoms with van der Waals surface area (Å²) >= 11 is 0. The van der Waals surface area contributed by atoms with Crippen molar-refractivity contribution in [2.75, 3.05) is 6.61 Å². The molecule has 2 atom stereocenters. The number of alkyl halides is 1. The van der Waals surface area contributed by atoms with E-state index in [4.69, 9.17) is 10.00 Å². The van der Waals surface area contributed by atoms with E-state index in [2.05, 4.69) is 4.98 Å². The van der Waals surface area contributed by atoms with E-state index in [1.54, 1.807) is 48.0 Å². The molecule has 3 aromatic rings. The van der Waals surface area contributed by atoms with Gasteiger partial charge < -0.3 is 14.4 Å². The van der Waals surface area contributed by atoms with Crippen LogP contribution in [0.15, 0.2) is 79.0 Å². The molecular weight excluding hydrogens is 438 g/mol. The van der Waals surface area contributed by atoms with Crippen molar-refractivity contribution < 1.29 is 18.6 Å². The van der Waals surface area contributed by atoms with E-state index >= 15 is 0 Å². The topological polar surface area (TPSA) is 94.9 Å². The monoisotopic (exact) mass is 458 g/mol. The highest BCUT2D eigenvalue weighted by Crippen LogP contribution is 2.38. The smallest absolute Gasteiger partial charge is 0.218 e. The highest BCUT2D eigenvalue weighted by atomic mass is 19.1. The van der Waals surface area contributed by atoms with E-state index in [1.807, 2.05) is 6.07 Å². The van der Waals surface area contributed by atoms with Gasteiger partial charge in [-0.2, -0.15) is 10.5 Å². The van der Waals surface area contributed by atoms with Crippen LogP contribution in [0.2, 0.25) is 0 Å². The molecule has 2 unspecified atom stereocenters. The summed E-state index contributed by atoms with van der Waals surface area (Å²) < 4.78 is 36.4. The van der Waals surface area contributed by atoms with Crippen LogP contribution in [0.25, 0.3) is 5.57 Å². The van der Waals surface area contributed by atoms with Gasteiger partial charge >= 0.3 is 0 Å². The van der Waals surface area contributed by atoms with Crippen molar-refractivity contribution in [3.8, 4) is 12.1 Å². The van der Waals surface area contributed by atoms with E-state index in [-0.39, 0.29) is 18.8 Å². The van der Waals surface area contributed by atoms with Crippen LogP contribution in [0.5, 0.6) is 0 Å². The summed E-state index contributed by atoms with van der Waals surface area (Å²) in [5.41, 5.74) is -1.94. The van der Waals surface area contributed by atoms with Gasteiger partial charge in [0.25, 0.3) is 0 Å². The number of aliphatic hydroxyl groups is 1. The molecule has 34 heavy (non-hydrogen) atoms. The number of aryl methyl sites for hydroxylation is 1. The molecule has 1 N–H and O–H groups in total. The Morgan fingerprint density at radius 1 is 1.24 bits per heavy atom. The number of benzene rings is 2. The average molecular weight is 458 g/mol. The Balaban J connectivity index is 1.75. The lowest BCUT2D eigenvalue weighted by Crippen LogP contribution is -2.35. The third-order valence-electron chi connectivity index (χ3n) is 5.76. The van der Waals surface area contributed by atoms with E-state index in [1.165, 1.54) is 36.8 Å². The van der Waals surface area contributed by atoms with Gasteiger partial charge in [0.1, 0.15) is 24.3 Å². The number of imidazole rings is 1. The zero-order chi connectivity index (χ0) is 24.3. The molecule has 170 valence electrons. The van der Waals surface area contributed by atoms with Crippen molar-refractivity contribution in [2.24, 2.45) is 7.05 Å².